The van der Waals surface area contributed by atoms with Crippen molar-refractivity contribution in [2.75, 3.05) is 0 Å². The van der Waals surface area contributed by atoms with Gasteiger partial charge >= 0.3 is 0 Å². The summed E-state index contributed by atoms with van der Waals surface area (Å²) in [4.78, 5) is 35.3. The molecule has 0 rings (SSSR count). The van der Waals surface area contributed by atoms with Crippen molar-refractivity contribution in [3.8, 4) is 0 Å². The molecule has 0 saturated carbocycles. The highest BCUT2D eigenvalue weighted by atomic mass is 16.2. The zero-order valence-corrected chi connectivity index (χ0v) is 14.2. The van der Waals surface area contributed by atoms with Crippen molar-refractivity contribution >= 4 is 17.5 Å². The van der Waals surface area contributed by atoms with E-state index in [-0.39, 0.29) is 35.4 Å². The summed E-state index contributed by atoms with van der Waals surface area (Å²) < 4.78 is 0. The number of carbonyl (C=O) groups excluding carboxylic acids is 3. The van der Waals surface area contributed by atoms with Gasteiger partial charge in [0, 0.05) is 25.2 Å². The summed E-state index contributed by atoms with van der Waals surface area (Å²) in [6.07, 6.45) is 3.65. The molecule has 0 spiro atoms. The van der Waals surface area contributed by atoms with Crippen molar-refractivity contribution in [3.63, 3.8) is 0 Å². The minimum Gasteiger partial charge on any atom is -0.346 e. The van der Waals surface area contributed by atoms with Crippen LogP contribution in [0, 0.1) is 11.8 Å². The van der Waals surface area contributed by atoms with Gasteiger partial charge in [-0.05, 0) is 18.8 Å². The van der Waals surface area contributed by atoms with E-state index in [0.29, 0.717) is 25.7 Å². The molecule has 0 aromatic heterocycles. The molecule has 1 unspecified atom stereocenters. The summed E-state index contributed by atoms with van der Waals surface area (Å²) >= 11 is 0. The van der Waals surface area contributed by atoms with Crippen LogP contribution < -0.4 is 5.32 Å². The SMILES string of the molecule is CCC(=O)[C@@H](NC(=O)CCCCC(=O)C(C)C)C(C)CC. The maximum Gasteiger partial charge on any atom is 0.220 e. The number of ketones is 2. The minimum absolute atomic E-state index is 0.0655. The van der Waals surface area contributed by atoms with Crippen molar-refractivity contribution < 1.29 is 14.4 Å². The second-order valence-electron chi connectivity index (χ2n) is 6.08. The van der Waals surface area contributed by atoms with E-state index in [1.165, 1.54) is 0 Å². The lowest BCUT2D eigenvalue weighted by atomic mass is 9.94. The van der Waals surface area contributed by atoms with E-state index >= 15 is 0 Å². The molecule has 0 aliphatic heterocycles. The predicted octanol–water partition coefficient (Wildman–Crippen LogP) is 3.28. The van der Waals surface area contributed by atoms with Gasteiger partial charge in [0.1, 0.15) is 5.78 Å². The van der Waals surface area contributed by atoms with Gasteiger partial charge in [-0.25, -0.2) is 0 Å². The Kier molecular flexibility index (Phi) is 9.93. The molecule has 4 nitrogen and oxygen atoms in total. The van der Waals surface area contributed by atoms with Crippen molar-refractivity contribution in [2.45, 2.75) is 79.2 Å². The third kappa shape index (κ3) is 7.98. The normalized spacial score (nSPS) is 13.8. The maximum absolute atomic E-state index is 11.9. The highest BCUT2D eigenvalue weighted by Crippen LogP contribution is 2.11. The van der Waals surface area contributed by atoms with Crippen LogP contribution in [0.3, 0.4) is 0 Å². The first-order valence-corrected chi connectivity index (χ1v) is 8.18. The molecule has 4 heteroatoms. The van der Waals surface area contributed by atoms with E-state index in [4.69, 9.17) is 0 Å². The lowest BCUT2D eigenvalue weighted by molar-refractivity contribution is -0.129. The molecule has 2 atom stereocenters. The van der Waals surface area contributed by atoms with Gasteiger partial charge in [-0.2, -0.15) is 0 Å². The van der Waals surface area contributed by atoms with Gasteiger partial charge in [0.15, 0.2) is 5.78 Å². The average Bonchev–Trinajstić information content (AvgIpc) is 2.47. The number of nitrogens with one attached hydrogen (secondary N) is 1. The van der Waals surface area contributed by atoms with Crippen LogP contribution in [0.4, 0.5) is 0 Å². The molecule has 0 heterocycles. The molecule has 0 bridgehead atoms. The van der Waals surface area contributed by atoms with Gasteiger partial charge in [-0.3, -0.25) is 14.4 Å². The molecule has 0 aliphatic rings. The molecule has 0 saturated heterocycles. The summed E-state index contributed by atoms with van der Waals surface area (Å²) in [7, 11) is 0. The number of unbranched alkanes of at least 4 members (excludes halogenated alkanes) is 1. The average molecular weight is 297 g/mol. The Morgan fingerprint density at radius 2 is 1.48 bits per heavy atom. The molecule has 0 aliphatic carbocycles. The van der Waals surface area contributed by atoms with Crippen LogP contribution in [-0.2, 0) is 14.4 Å². The minimum atomic E-state index is -0.371. The molecular weight excluding hydrogens is 266 g/mol. The van der Waals surface area contributed by atoms with Crippen molar-refractivity contribution in [3.05, 3.63) is 0 Å². The number of Topliss-reactive ketones (excluding diaryl/α,β-unsaturated/α-hetero) is 2. The number of carbonyl (C=O) groups is 3. The van der Waals surface area contributed by atoms with E-state index in [1.54, 1.807) is 0 Å². The van der Waals surface area contributed by atoms with Crippen molar-refractivity contribution in [1.29, 1.82) is 0 Å². The Morgan fingerprint density at radius 1 is 0.905 bits per heavy atom. The van der Waals surface area contributed by atoms with Gasteiger partial charge in [0.05, 0.1) is 6.04 Å². The molecule has 1 N–H and O–H groups in total. The number of rotatable bonds is 11. The third-order valence-electron chi connectivity index (χ3n) is 3.95. The number of amides is 1. The monoisotopic (exact) mass is 297 g/mol. The fraction of sp³-hybridized carbons (Fsp3) is 0.824. The fourth-order valence-corrected chi connectivity index (χ4v) is 2.11. The molecule has 122 valence electrons. The molecule has 1 amide bonds. The van der Waals surface area contributed by atoms with E-state index < -0.39 is 0 Å². The van der Waals surface area contributed by atoms with Crippen molar-refractivity contribution in [1.82, 2.24) is 5.32 Å². The van der Waals surface area contributed by atoms with E-state index in [0.717, 1.165) is 12.8 Å². The predicted molar refractivity (Wildman–Crippen MR) is 85.0 cm³/mol. The number of hydrogen-bond acceptors (Lipinski definition) is 3. The van der Waals surface area contributed by atoms with Crippen LogP contribution in [0.2, 0.25) is 0 Å². The lowest BCUT2D eigenvalue weighted by Crippen LogP contribution is -2.44. The maximum atomic E-state index is 11.9. The van der Waals surface area contributed by atoms with Gasteiger partial charge in [0.2, 0.25) is 5.91 Å². The van der Waals surface area contributed by atoms with E-state index in [1.807, 2.05) is 34.6 Å². The Labute approximate surface area is 129 Å². The Hall–Kier alpha value is -1.19. The summed E-state index contributed by atoms with van der Waals surface area (Å²) in [5, 5.41) is 2.86. The fourth-order valence-electron chi connectivity index (χ4n) is 2.11. The summed E-state index contributed by atoms with van der Waals surface area (Å²) in [6, 6.07) is -0.371. The zero-order valence-electron chi connectivity index (χ0n) is 14.2. The first-order valence-electron chi connectivity index (χ1n) is 8.18. The standard InChI is InChI=1S/C17H31NO3/c1-6-13(5)17(14(19)7-2)18-16(21)11-9-8-10-15(20)12(3)4/h12-13,17H,6-11H2,1-5H3,(H,18,21)/t13?,17-/m0/s1. The van der Waals surface area contributed by atoms with E-state index in [2.05, 4.69) is 5.32 Å². The van der Waals surface area contributed by atoms with Crippen LogP contribution in [0.5, 0.6) is 0 Å². The summed E-state index contributed by atoms with van der Waals surface area (Å²) in [5.41, 5.74) is 0. The molecule has 0 aromatic rings. The van der Waals surface area contributed by atoms with Gasteiger partial charge in [-0.15, -0.1) is 0 Å². The summed E-state index contributed by atoms with van der Waals surface area (Å²) in [5.74, 6) is 0.473. The smallest absolute Gasteiger partial charge is 0.220 e. The summed E-state index contributed by atoms with van der Waals surface area (Å²) in [6.45, 7) is 9.61. The topological polar surface area (TPSA) is 63.2 Å². The van der Waals surface area contributed by atoms with Crippen LogP contribution >= 0.6 is 0 Å². The Balaban J connectivity index is 4.15. The highest BCUT2D eigenvalue weighted by molar-refractivity contribution is 5.89. The third-order valence-corrected chi connectivity index (χ3v) is 3.95. The quantitative estimate of drug-likeness (QED) is 0.595. The van der Waals surface area contributed by atoms with Gasteiger partial charge in [-0.1, -0.05) is 41.0 Å². The van der Waals surface area contributed by atoms with Crippen LogP contribution in [0.1, 0.15) is 73.1 Å². The lowest BCUT2D eigenvalue weighted by Gasteiger charge is -2.22. The first-order chi connectivity index (χ1) is 9.83. The Bertz CT molecular complexity index is 350. The van der Waals surface area contributed by atoms with Crippen LogP contribution in [0.15, 0.2) is 0 Å². The largest absolute Gasteiger partial charge is 0.346 e. The van der Waals surface area contributed by atoms with Gasteiger partial charge < -0.3 is 5.32 Å². The molecular formula is C17H31NO3. The van der Waals surface area contributed by atoms with Gasteiger partial charge in [0.25, 0.3) is 0 Å². The van der Waals surface area contributed by atoms with E-state index in [9.17, 15) is 14.4 Å². The van der Waals surface area contributed by atoms with Crippen molar-refractivity contribution in [2.24, 2.45) is 11.8 Å². The molecule has 0 fully saturated rings. The molecule has 21 heavy (non-hydrogen) atoms. The first kappa shape index (κ1) is 19.8. The second-order valence-corrected chi connectivity index (χ2v) is 6.08. The molecule has 0 radical (unpaired) electrons. The van der Waals surface area contributed by atoms with Crippen LogP contribution in [0.25, 0.3) is 0 Å². The zero-order chi connectivity index (χ0) is 16.4. The second kappa shape index (κ2) is 10.5. The highest BCUT2D eigenvalue weighted by Gasteiger charge is 2.23. The number of hydrogen-bond donors (Lipinski definition) is 1. The molecule has 0 aromatic carbocycles. The van der Waals surface area contributed by atoms with Crippen LogP contribution in [-0.4, -0.2) is 23.5 Å². The Morgan fingerprint density at radius 3 is 1.95 bits per heavy atom.